The van der Waals surface area contributed by atoms with Crippen molar-refractivity contribution in [2.24, 2.45) is 0 Å². The van der Waals surface area contributed by atoms with E-state index in [1.165, 1.54) is 0 Å². The molecule has 0 aliphatic carbocycles. The highest BCUT2D eigenvalue weighted by atomic mass is 16.3. The highest BCUT2D eigenvalue weighted by Gasteiger charge is 2.29. The van der Waals surface area contributed by atoms with Crippen LogP contribution in [-0.2, 0) is 9.59 Å². The number of rotatable bonds is 2. The van der Waals surface area contributed by atoms with Crippen LogP contribution in [-0.4, -0.2) is 34.4 Å². The molecule has 2 N–H and O–H groups in total. The summed E-state index contributed by atoms with van der Waals surface area (Å²) in [6.07, 6.45) is 3.86. The summed E-state index contributed by atoms with van der Waals surface area (Å²) in [5.74, 6) is -0.943. The monoisotopic (exact) mass is 326 g/mol. The molecule has 126 valence electrons. The Morgan fingerprint density at radius 2 is 1.92 bits per heavy atom. The van der Waals surface area contributed by atoms with Crippen molar-refractivity contribution in [2.75, 3.05) is 11.9 Å². The first kappa shape index (κ1) is 16.3. The summed E-state index contributed by atoms with van der Waals surface area (Å²) in [6.45, 7) is 2.68. The minimum atomic E-state index is -0.619. The molecule has 1 unspecified atom stereocenters. The number of fused-ring (bicyclic) bond motifs is 1. The first-order valence-corrected chi connectivity index (χ1v) is 8.44. The quantitative estimate of drug-likeness (QED) is 0.832. The molecule has 2 aromatic carbocycles. The SMILES string of the molecule is CCC1CCCCN1C(=O)C(=O)Nc1cccc2c(O)cccc12. The largest absolute Gasteiger partial charge is 0.507 e. The number of carbonyl (C=O) groups is 2. The molecule has 1 aliphatic rings. The highest BCUT2D eigenvalue weighted by Crippen LogP contribution is 2.30. The highest BCUT2D eigenvalue weighted by molar-refractivity contribution is 6.40. The zero-order valence-corrected chi connectivity index (χ0v) is 13.8. The topological polar surface area (TPSA) is 69.6 Å². The number of likely N-dealkylation sites (tertiary alicyclic amines) is 1. The van der Waals surface area contributed by atoms with Gasteiger partial charge in [-0.25, -0.2) is 0 Å². The van der Waals surface area contributed by atoms with E-state index in [2.05, 4.69) is 5.32 Å². The van der Waals surface area contributed by atoms with Gasteiger partial charge in [0.15, 0.2) is 0 Å². The van der Waals surface area contributed by atoms with Gasteiger partial charge in [0, 0.05) is 29.0 Å². The van der Waals surface area contributed by atoms with Crippen molar-refractivity contribution in [3.8, 4) is 5.75 Å². The third kappa shape index (κ3) is 3.07. The van der Waals surface area contributed by atoms with Crippen LogP contribution in [0.4, 0.5) is 5.69 Å². The van der Waals surface area contributed by atoms with Crippen LogP contribution in [0.3, 0.4) is 0 Å². The molecule has 1 atom stereocenters. The van der Waals surface area contributed by atoms with Crippen LogP contribution in [0.2, 0.25) is 0 Å². The Bertz CT molecular complexity index is 772. The number of anilines is 1. The van der Waals surface area contributed by atoms with Gasteiger partial charge >= 0.3 is 11.8 Å². The first-order valence-electron chi connectivity index (χ1n) is 8.44. The number of benzene rings is 2. The Hall–Kier alpha value is -2.56. The minimum Gasteiger partial charge on any atom is -0.507 e. The zero-order valence-electron chi connectivity index (χ0n) is 13.8. The Morgan fingerprint density at radius 1 is 1.17 bits per heavy atom. The van der Waals surface area contributed by atoms with Gasteiger partial charge in [-0.2, -0.15) is 0 Å². The molecule has 1 fully saturated rings. The molecule has 1 heterocycles. The average Bonchev–Trinajstić information content (AvgIpc) is 2.62. The third-order valence-corrected chi connectivity index (χ3v) is 4.70. The van der Waals surface area contributed by atoms with E-state index in [1.54, 1.807) is 35.2 Å². The second-order valence-electron chi connectivity index (χ2n) is 6.19. The summed E-state index contributed by atoms with van der Waals surface area (Å²) >= 11 is 0. The number of phenolic OH excluding ortho intramolecular Hbond substituents is 1. The summed E-state index contributed by atoms with van der Waals surface area (Å²) in [6, 6.07) is 10.5. The van der Waals surface area contributed by atoms with Gasteiger partial charge < -0.3 is 15.3 Å². The predicted octanol–water partition coefficient (Wildman–Crippen LogP) is 3.28. The van der Waals surface area contributed by atoms with Crippen LogP contribution in [0.15, 0.2) is 36.4 Å². The van der Waals surface area contributed by atoms with Crippen LogP contribution < -0.4 is 5.32 Å². The molecule has 3 rings (SSSR count). The first-order chi connectivity index (χ1) is 11.6. The lowest BCUT2D eigenvalue weighted by Gasteiger charge is -2.34. The van der Waals surface area contributed by atoms with Gasteiger partial charge in [-0.05, 0) is 37.8 Å². The standard InChI is InChI=1S/C19H22N2O3/c1-2-13-7-3-4-12-21(13)19(24)18(23)20-16-10-5-9-15-14(16)8-6-11-17(15)22/h5-6,8-11,13,22H,2-4,7,12H2,1H3,(H,20,23). The maximum Gasteiger partial charge on any atom is 0.313 e. The summed E-state index contributed by atoms with van der Waals surface area (Å²) in [7, 11) is 0. The minimum absolute atomic E-state index is 0.147. The molecule has 1 saturated heterocycles. The lowest BCUT2D eigenvalue weighted by Crippen LogP contribution is -2.48. The van der Waals surface area contributed by atoms with E-state index in [0.717, 1.165) is 25.7 Å². The molecule has 0 aromatic heterocycles. The Labute approximate surface area is 141 Å². The maximum absolute atomic E-state index is 12.5. The molecule has 1 aliphatic heterocycles. The van der Waals surface area contributed by atoms with Crippen molar-refractivity contribution in [3.05, 3.63) is 36.4 Å². The Kier molecular flexibility index (Phi) is 4.69. The van der Waals surface area contributed by atoms with Crippen molar-refractivity contribution < 1.29 is 14.7 Å². The van der Waals surface area contributed by atoms with E-state index in [4.69, 9.17) is 0 Å². The van der Waals surface area contributed by atoms with E-state index in [-0.39, 0.29) is 11.8 Å². The number of piperidine rings is 1. The third-order valence-electron chi connectivity index (χ3n) is 4.70. The second-order valence-corrected chi connectivity index (χ2v) is 6.19. The van der Waals surface area contributed by atoms with Gasteiger partial charge in [0.2, 0.25) is 0 Å². The number of carbonyl (C=O) groups excluding carboxylic acids is 2. The van der Waals surface area contributed by atoms with E-state index < -0.39 is 11.8 Å². The smallest absolute Gasteiger partial charge is 0.313 e. The van der Waals surface area contributed by atoms with E-state index >= 15 is 0 Å². The second kappa shape index (κ2) is 6.91. The van der Waals surface area contributed by atoms with Gasteiger partial charge in [-0.15, -0.1) is 0 Å². The normalized spacial score (nSPS) is 17.7. The van der Waals surface area contributed by atoms with E-state index in [1.807, 2.05) is 13.0 Å². The van der Waals surface area contributed by atoms with Crippen LogP contribution in [0.1, 0.15) is 32.6 Å². The molecule has 5 nitrogen and oxygen atoms in total. The van der Waals surface area contributed by atoms with Crippen LogP contribution in [0, 0.1) is 0 Å². The van der Waals surface area contributed by atoms with Crippen molar-refractivity contribution in [1.29, 1.82) is 0 Å². The van der Waals surface area contributed by atoms with Crippen molar-refractivity contribution >= 4 is 28.3 Å². The van der Waals surface area contributed by atoms with Gasteiger partial charge in [0.1, 0.15) is 5.75 Å². The van der Waals surface area contributed by atoms with Gasteiger partial charge in [0.25, 0.3) is 0 Å². The van der Waals surface area contributed by atoms with E-state index in [9.17, 15) is 14.7 Å². The molecule has 0 saturated carbocycles. The molecule has 2 amide bonds. The number of phenols is 1. The molecule has 5 heteroatoms. The fourth-order valence-electron chi connectivity index (χ4n) is 3.40. The maximum atomic E-state index is 12.5. The molecule has 0 spiro atoms. The predicted molar refractivity (Wildman–Crippen MR) is 93.9 cm³/mol. The number of hydrogen-bond acceptors (Lipinski definition) is 3. The van der Waals surface area contributed by atoms with E-state index in [0.29, 0.717) is 23.0 Å². The number of aromatic hydroxyl groups is 1. The van der Waals surface area contributed by atoms with Crippen LogP contribution >= 0.6 is 0 Å². The van der Waals surface area contributed by atoms with Gasteiger partial charge in [-0.1, -0.05) is 31.2 Å². The summed E-state index contributed by atoms with van der Waals surface area (Å²) in [5.41, 5.74) is 0.534. The lowest BCUT2D eigenvalue weighted by molar-refractivity contribution is -0.145. The number of amides is 2. The zero-order chi connectivity index (χ0) is 17.1. The molecular formula is C19H22N2O3. The molecule has 24 heavy (non-hydrogen) atoms. The Morgan fingerprint density at radius 3 is 2.71 bits per heavy atom. The van der Waals surface area contributed by atoms with Crippen LogP contribution in [0.25, 0.3) is 10.8 Å². The van der Waals surface area contributed by atoms with Crippen LogP contribution in [0.5, 0.6) is 5.75 Å². The fraction of sp³-hybridized carbons (Fsp3) is 0.368. The summed E-state index contributed by atoms with van der Waals surface area (Å²) in [5, 5.41) is 14.0. The molecule has 0 bridgehead atoms. The summed E-state index contributed by atoms with van der Waals surface area (Å²) < 4.78 is 0. The average molecular weight is 326 g/mol. The molecule has 0 radical (unpaired) electrons. The number of hydrogen-bond donors (Lipinski definition) is 2. The fourth-order valence-corrected chi connectivity index (χ4v) is 3.40. The number of nitrogens with one attached hydrogen (secondary N) is 1. The van der Waals surface area contributed by atoms with Gasteiger partial charge in [0.05, 0.1) is 0 Å². The van der Waals surface area contributed by atoms with Gasteiger partial charge in [-0.3, -0.25) is 9.59 Å². The van der Waals surface area contributed by atoms with Crippen molar-refractivity contribution in [2.45, 2.75) is 38.6 Å². The number of nitrogens with zero attached hydrogens (tertiary/aromatic N) is 1. The Balaban J connectivity index is 1.82. The van der Waals surface area contributed by atoms with Crippen molar-refractivity contribution in [3.63, 3.8) is 0 Å². The lowest BCUT2D eigenvalue weighted by atomic mass is 10.00. The summed E-state index contributed by atoms with van der Waals surface area (Å²) in [4.78, 5) is 26.7. The molecular weight excluding hydrogens is 304 g/mol. The molecule has 2 aromatic rings. The van der Waals surface area contributed by atoms with Crippen molar-refractivity contribution in [1.82, 2.24) is 4.90 Å².